The van der Waals surface area contributed by atoms with Crippen LogP contribution < -0.4 is 0 Å². The van der Waals surface area contributed by atoms with E-state index in [4.69, 9.17) is 4.98 Å². The zero-order chi connectivity index (χ0) is 19.6. The summed E-state index contributed by atoms with van der Waals surface area (Å²) < 4.78 is 1.06. The molecule has 7 heteroatoms. The highest BCUT2D eigenvalue weighted by molar-refractivity contribution is 7.16. The van der Waals surface area contributed by atoms with Gasteiger partial charge in [0.25, 0.3) is 5.91 Å². The summed E-state index contributed by atoms with van der Waals surface area (Å²) >= 11 is 3.28. The van der Waals surface area contributed by atoms with Gasteiger partial charge in [0, 0.05) is 42.7 Å². The van der Waals surface area contributed by atoms with Crippen LogP contribution in [-0.2, 0) is 6.54 Å². The van der Waals surface area contributed by atoms with Crippen LogP contribution >= 0.6 is 22.7 Å². The van der Waals surface area contributed by atoms with Crippen LogP contribution in [0, 0.1) is 0 Å². The lowest BCUT2D eigenvalue weighted by Crippen LogP contribution is -2.48. The molecule has 0 bridgehead atoms. The molecule has 0 atom stereocenters. The predicted octanol–water partition coefficient (Wildman–Crippen LogP) is 4.38. The Labute approximate surface area is 177 Å². The topological polar surface area (TPSA) is 49.3 Å². The fraction of sp³-hybridized carbons (Fsp3) is 0.227. The van der Waals surface area contributed by atoms with Crippen molar-refractivity contribution in [1.29, 1.82) is 0 Å². The zero-order valence-corrected chi connectivity index (χ0v) is 17.5. The normalized spacial score (nSPS) is 15.1. The van der Waals surface area contributed by atoms with Gasteiger partial charge in [-0.2, -0.15) is 0 Å². The van der Waals surface area contributed by atoms with Gasteiger partial charge in [-0.3, -0.25) is 9.69 Å². The monoisotopic (exact) mass is 420 g/mol. The molecule has 2 aromatic heterocycles. The van der Waals surface area contributed by atoms with Gasteiger partial charge in [-0.05, 0) is 18.2 Å². The van der Waals surface area contributed by atoms with E-state index in [-0.39, 0.29) is 5.91 Å². The van der Waals surface area contributed by atoms with Crippen molar-refractivity contribution in [3.05, 3.63) is 70.0 Å². The summed E-state index contributed by atoms with van der Waals surface area (Å²) in [5, 5.41) is 3.25. The van der Waals surface area contributed by atoms with Crippen LogP contribution in [0.3, 0.4) is 0 Å². The van der Waals surface area contributed by atoms with Crippen molar-refractivity contribution < 1.29 is 4.79 Å². The van der Waals surface area contributed by atoms with Crippen LogP contribution in [0.25, 0.3) is 21.5 Å². The highest BCUT2D eigenvalue weighted by atomic mass is 32.1. The van der Waals surface area contributed by atoms with Gasteiger partial charge >= 0.3 is 0 Å². The lowest BCUT2D eigenvalue weighted by atomic mass is 10.1. The molecule has 5 rings (SSSR count). The van der Waals surface area contributed by atoms with Crippen molar-refractivity contribution in [1.82, 2.24) is 19.8 Å². The van der Waals surface area contributed by atoms with Gasteiger partial charge in [0.05, 0.1) is 28.0 Å². The molecule has 4 aromatic rings. The predicted molar refractivity (Wildman–Crippen MR) is 118 cm³/mol. The highest BCUT2D eigenvalue weighted by Gasteiger charge is 2.23. The average molecular weight is 421 g/mol. The summed E-state index contributed by atoms with van der Waals surface area (Å²) in [4.78, 5) is 26.3. The molecule has 2 aromatic carbocycles. The second kappa shape index (κ2) is 8.02. The van der Waals surface area contributed by atoms with E-state index in [1.54, 1.807) is 22.7 Å². The van der Waals surface area contributed by atoms with Crippen LogP contribution in [0.4, 0.5) is 0 Å². The van der Waals surface area contributed by atoms with E-state index in [1.165, 1.54) is 0 Å². The Morgan fingerprint density at radius 1 is 1.00 bits per heavy atom. The molecule has 29 heavy (non-hydrogen) atoms. The summed E-state index contributed by atoms with van der Waals surface area (Å²) in [6.45, 7) is 4.07. The van der Waals surface area contributed by atoms with E-state index in [9.17, 15) is 4.79 Å². The number of fused-ring (bicyclic) bond motifs is 1. The molecule has 0 saturated carbocycles. The Hall–Kier alpha value is -2.61. The van der Waals surface area contributed by atoms with Gasteiger partial charge in [0.2, 0.25) is 0 Å². The third kappa shape index (κ3) is 3.94. The molecule has 0 spiro atoms. The SMILES string of the molecule is O=C(c1ccc2ncsc2c1)N1CCN(Cc2nc(-c3ccccc3)cs2)CC1. The van der Waals surface area contributed by atoms with Gasteiger partial charge in [0.15, 0.2) is 0 Å². The second-order valence-corrected chi connectivity index (χ2v) is 8.92. The van der Waals surface area contributed by atoms with Crippen LogP contribution in [0.2, 0.25) is 0 Å². The molecule has 1 aliphatic heterocycles. The molecule has 146 valence electrons. The van der Waals surface area contributed by atoms with Crippen molar-refractivity contribution in [2.24, 2.45) is 0 Å². The first-order chi connectivity index (χ1) is 14.3. The molecular weight excluding hydrogens is 400 g/mol. The van der Waals surface area contributed by atoms with Gasteiger partial charge in [-0.15, -0.1) is 22.7 Å². The Balaban J connectivity index is 1.19. The molecule has 1 fully saturated rings. The number of rotatable bonds is 4. The van der Waals surface area contributed by atoms with Gasteiger partial charge in [-0.25, -0.2) is 9.97 Å². The molecule has 0 radical (unpaired) electrons. The third-order valence-corrected chi connectivity index (χ3v) is 6.84. The third-order valence-electron chi connectivity index (χ3n) is 5.22. The van der Waals surface area contributed by atoms with Crippen molar-refractivity contribution in [2.75, 3.05) is 26.2 Å². The number of amides is 1. The number of hydrogen-bond acceptors (Lipinski definition) is 6. The maximum absolute atomic E-state index is 12.9. The fourth-order valence-electron chi connectivity index (χ4n) is 3.60. The lowest BCUT2D eigenvalue weighted by Gasteiger charge is -2.34. The largest absolute Gasteiger partial charge is 0.336 e. The number of nitrogens with zero attached hydrogens (tertiary/aromatic N) is 4. The molecule has 0 N–H and O–H groups in total. The Bertz CT molecular complexity index is 1130. The number of piperazine rings is 1. The molecule has 1 aliphatic rings. The maximum Gasteiger partial charge on any atom is 0.253 e. The number of benzene rings is 2. The maximum atomic E-state index is 12.9. The minimum absolute atomic E-state index is 0.112. The van der Waals surface area contributed by atoms with E-state index >= 15 is 0 Å². The smallest absolute Gasteiger partial charge is 0.253 e. The van der Waals surface area contributed by atoms with E-state index < -0.39 is 0 Å². The van der Waals surface area contributed by atoms with Gasteiger partial charge < -0.3 is 4.90 Å². The molecule has 1 saturated heterocycles. The standard InChI is InChI=1S/C22H20N4OS2/c27-22(17-6-7-18-20(12-17)29-15-23-18)26-10-8-25(9-11-26)13-21-24-19(14-28-21)16-4-2-1-3-5-16/h1-7,12,14-15H,8-11,13H2. The molecule has 0 unspecified atom stereocenters. The number of aromatic nitrogens is 2. The van der Waals surface area contributed by atoms with E-state index in [2.05, 4.69) is 27.4 Å². The van der Waals surface area contributed by atoms with Gasteiger partial charge in [0.1, 0.15) is 5.01 Å². The molecule has 3 heterocycles. The first kappa shape index (κ1) is 18.4. The number of hydrogen-bond donors (Lipinski definition) is 0. The van der Waals surface area contributed by atoms with E-state index in [0.29, 0.717) is 0 Å². The van der Waals surface area contributed by atoms with Gasteiger partial charge in [-0.1, -0.05) is 30.3 Å². The van der Waals surface area contributed by atoms with Crippen LogP contribution in [0.1, 0.15) is 15.4 Å². The Morgan fingerprint density at radius 3 is 2.66 bits per heavy atom. The molecule has 5 nitrogen and oxygen atoms in total. The first-order valence-corrected chi connectivity index (χ1v) is 11.4. The number of thiazole rings is 2. The average Bonchev–Trinajstić information content (AvgIpc) is 3.43. The number of carbonyl (C=O) groups is 1. The molecular formula is C22H20N4OS2. The Kier molecular flexibility index (Phi) is 5.10. The summed E-state index contributed by atoms with van der Waals surface area (Å²) in [5.74, 6) is 0.112. The van der Waals surface area contributed by atoms with Crippen LogP contribution in [0.5, 0.6) is 0 Å². The lowest BCUT2D eigenvalue weighted by molar-refractivity contribution is 0.0628. The number of carbonyl (C=O) groups excluding carboxylic acids is 1. The minimum atomic E-state index is 0.112. The zero-order valence-electron chi connectivity index (χ0n) is 15.8. The summed E-state index contributed by atoms with van der Waals surface area (Å²) in [7, 11) is 0. The van der Waals surface area contributed by atoms with Crippen LogP contribution in [-0.4, -0.2) is 51.9 Å². The first-order valence-electron chi connectivity index (χ1n) is 9.61. The molecule has 0 aliphatic carbocycles. The summed E-state index contributed by atoms with van der Waals surface area (Å²) in [5.41, 5.74) is 5.72. The Morgan fingerprint density at radius 2 is 1.83 bits per heavy atom. The minimum Gasteiger partial charge on any atom is -0.336 e. The van der Waals surface area contributed by atoms with Crippen molar-refractivity contribution in [3.63, 3.8) is 0 Å². The van der Waals surface area contributed by atoms with Crippen molar-refractivity contribution in [3.8, 4) is 11.3 Å². The summed E-state index contributed by atoms with van der Waals surface area (Å²) in [6, 6.07) is 16.1. The second-order valence-electron chi connectivity index (χ2n) is 7.10. The highest BCUT2D eigenvalue weighted by Crippen LogP contribution is 2.23. The quantitative estimate of drug-likeness (QED) is 0.492. The van der Waals surface area contributed by atoms with E-state index in [1.807, 2.05) is 46.8 Å². The fourth-order valence-corrected chi connectivity index (χ4v) is 5.16. The van der Waals surface area contributed by atoms with Crippen molar-refractivity contribution >= 4 is 38.8 Å². The van der Waals surface area contributed by atoms with E-state index in [0.717, 1.165) is 64.8 Å². The van der Waals surface area contributed by atoms with Crippen molar-refractivity contribution in [2.45, 2.75) is 6.54 Å². The van der Waals surface area contributed by atoms with Crippen LogP contribution in [0.15, 0.2) is 59.4 Å². The molecule has 1 amide bonds. The summed E-state index contributed by atoms with van der Waals surface area (Å²) in [6.07, 6.45) is 0.